The van der Waals surface area contributed by atoms with Crippen molar-refractivity contribution in [1.82, 2.24) is 15.2 Å². The number of carbonyl (C=O) groups excluding carboxylic acids is 1. The molecular formula is C17H13ClF2N4OS2. The lowest BCUT2D eigenvalue weighted by atomic mass is 10.2. The molecule has 3 rings (SSSR count). The van der Waals surface area contributed by atoms with Gasteiger partial charge in [0, 0.05) is 21.2 Å². The lowest BCUT2D eigenvalue weighted by Crippen LogP contribution is -2.14. The molecule has 0 aliphatic carbocycles. The second kappa shape index (κ2) is 9.20. The average molecular weight is 427 g/mol. The van der Waals surface area contributed by atoms with Gasteiger partial charge in [0.05, 0.1) is 5.75 Å². The van der Waals surface area contributed by atoms with E-state index in [9.17, 15) is 13.6 Å². The first-order valence-corrected chi connectivity index (χ1v) is 9.90. The van der Waals surface area contributed by atoms with E-state index < -0.39 is 5.76 Å². The molecule has 0 bridgehead atoms. The number of amides is 1. The van der Waals surface area contributed by atoms with Gasteiger partial charge in [0.2, 0.25) is 11.1 Å². The molecule has 0 radical (unpaired) electrons. The van der Waals surface area contributed by atoms with Gasteiger partial charge < -0.3 is 5.32 Å². The van der Waals surface area contributed by atoms with Gasteiger partial charge in [0.25, 0.3) is 5.76 Å². The molecule has 140 valence electrons. The number of aromatic nitrogens is 3. The van der Waals surface area contributed by atoms with Crippen molar-refractivity contribution >= 4 is 46.7 Å². The molecule has 0 unspecified atom stereocenters. The highest BCUT2D eigenvalue weighted by Gasteiger charge is 2.10. The molecule has 0 fully saturated rings. The fraction of sp³-hybridized carbons (Fsp3) is 0.118. The van der Waals surface area contributed by atoms with Crippen LogP contribution >= 0.6 is 35.1 Å². The Morgan fingerprint density at radius 3 is 2.52 bits per heavy atom. The lowest BCUT2D eigenvalue weighted by molar-refractivity contribution is -0.113. The van der Waals surface area contributed by atoms with Crippen LogP contribution in [0, 0.1) is 0 Å². The van der Waals surface area contributed by atoms with Crippen molar-refractivity contribution in [2.45, 2.75) is 15.8 Å². The minimum atomic E-state index is -2.47. The Balaban J connectivity index is 1.51. The highest BCUT2D eigenvalue weighted by Crippen LogP contribution is 2.26. The first kappa shape index (κ1) is 19.7. The Morgan fingerprint density at radius 1 is 1.15 bits per heavy atom. The van der Waals surface area contributed by atoms with Crippen molar-refractivity contribution in [3.05, 3.63) is 53.6 Å². The molecule has 1 heterocycles. The van der Waals surface area contributed by atoms with Crippen molar-refractivity contribution in [2.75, 3.05) is 11.1 Å². The van der Waals surface area contributed by atoms with Crippen molar-refractivity contribution < 1.29 is 13.6 Å². The lowest BCUT2D eigenvalue weighted by Gasteiger charge is -2.05. The number of carbonyl (C=O) groups is 1. The van der Waals surface area contributed by atoms with Crippen LogP contribution in [-0.2, 0) is 4.79 Å². The van der Waals surface area contributed by atoms with Crippen LogP contribution in [0.2, 0.25) is 5.02 Å². The van der Waals surface area contributed by atoms with E-state index in [1.165, 1.54) is 23.9 Å². The third-order valence-corrected chi connectivity index (χ3v) is 5.10. The minimum absolute atomic E-state index is 0.117. The van der Waals surface area contributed by atoms with Gasteiger partial charge >= 0.3 is 0 Å². The number of hydrogen-bond acceptors (Lipinski definition) is 5. The Hall–Kier alpha value is -2.10. The molecule has 0 saturated carbocycles. The number of thioether (sulfide) groups is 2. The van der Waals surface area contributed by atoms with E-state index in [1.807, 2.05) is 12.1 Å². The van der Waals surface area contributed by atoms with E-state index in [0.29, 0.717) is 38.3 Å². The highest BCUT2D eigenvalue weighted by atomic mass is 35.5. The van der Waals surface area contributed by atoms with Crippen LogP contribution in [-0.4, -0.2) is 32.6 Å². The highest BCUT2D eigenvalue weighted by molar-refractivity contribution is 8.00. The first-order valence-electron chi connectivity index (χ1n) is 7.65. The molecule has 3 aromatic rings. The summed E-state index contributed by atoms with van der Waals surface area (Å²) >= 11 is 7.50. The smallest absolute Gasteiger partial charge is 0.288 e. The average Bonchev–Trinajstić information content (AvgIpc) is 3.11. The molecule has 5 nitrogen and oxygen atoms in total. The van der Waals surface area contributed by atoms with Crippen LogP contribution < -0.4 is 5.32 Å². The van der Waals surface area contributed by atoms with Crippen LogP contribution in [0.4, 0.5) is 14.5 Å². The van der Waals surface area contributed by atoms with Gasteiger partial charge in [-0.1, -0.05) is 35.1 Å². The number of anilines is 1. The van der Waals surface area contributed by atoms with Gasteiger partial charge in [-0.15, -0.1) is 5.10 Å². The van der Waals surface area contributed by atoms with E-state index in [0.717, 1.165) is 5.56 Å². The van der Waals surface area contributed by atoms with E-state index in [4.69, 9.17) is 11.6 Å². The SMILES string of the molecule is O=C(CSc1n[nH]c(-c2ccc(Cl)cc2)n1)Nc1ccc(SC(F)F)cc1. The second-order valence-electron chi connectivity index (χ2n) is 5.21. The van der Waals surface area contributed by atoms with Gasteiger partial charge in [-0.3, -0.25) is 9.89 Å². The van der Waals surface area contributed by atoms with Gasteiger partial charge in [-0.25, -0.2) is 4.98 Å². The third-order valence-electron chi connectivity index (χ3n) is 3.28. The maximum absolute atomic E-state index is 12.3. The Kier molecular flexibility index (Phi) is 6.70. The van der Waals surface area contributed by atoms with Crippen LogP contribution in [0.3, 0.4) is 0 Å². The minimum Gasteiger partial charge on any atom is -0.325 e. The molecule has 1 amide bonds. The predicted molar refractivity (Wildman–Crippen MR) is 104 cm³/mol. The summed E-state index contributed by atoms with van der Waals surface area (Å²) in [4.78, 5) is 16.8. The number of halogens is 3. The van der Waals surface area contributed by atoms with Crippen molar-refractivity contribution in [1.29, 1.82) is 0 Å². The largest absolute Gasteiger partial charge is 0.325 e. The van der Waals surface area contributed by atoms with Crippen LogP contribution in [0.5, 0.6) is 0 Å². The summed E-state index contributed by atoms with van der Waals surface area (Å²) in [5.74, 6) is -2.01. The predicted octanol–water partition coefficient (Wildman–Crippen LogP) is 5.17. The van der Waals surface area contributed by atoms with Gasteiger partial charge in [-0.05, 0) is 48.5 Å². The Labute approximate surface area is 167 Å². The van der Waals surface area contributed by atoms with Crippen LogP contribution in [0.1, 0.15) is 0 Å². The quantitative estimate of drug-likeness (QED) is 0.510. The summed E-state index contributed by atoms with van der Waals surface area (Å²) in [5, 5.41) is 10.7. The zero-order valence-corrected chi connectivity index (χ0v) is 16.0. The fourth-order valence-electron chi connectivity index (χ4n) is 2.09. The van der Waals surface area contributed by atoms with Gasteiger partial charge in [0.1, 0.15) is 0 Å². The molecule has 0 saturated heterocycles. The molecule has 27 heavy (non-hydrogen) atoms. The van der Waals surface area contributed by atoms with Crippen molar-refractivity contribution in [3.63, 3.8) is 0 Å². The van der Waals surface area contributed by atoms with Crippen LogP contribution in [0.25, 0.3) is 11.4 Å². The summed E-state index contributed by atoms with van der Waals surface area (Å²) in [6, 6.07) is 13.4. The Morgan fingerprint density at radius 2 is 1.85 bits per heavy atom. The van der Waals surface area contributed by atoms with E-state index in [2.05, 4.69) is 20.5 Å². The zero-order chi connectivity index (χ0) is 19.2. The van der Waals surface area contributed by atoms with E-state index in [1.54, 1.807) is 24.3 Å². The summed E-state index contributed by atoms with van der Waals surface area (Å²) in [5.41, 5.74) is 1.38. The molecular weight excluding hydrogens is 414 g/mol. The number of aromatic amines is 1. The number of nitrogens with zero attached hydrogens (tertiary/aromatic N) is 2. The van der Waals surface area contributed by atoms with Gasteiger partial charge in [0.15, 0.2) is 5.82 Å². The zero-order valence-electron chi connectivity index (χ0n) is 13.7. The molecule has 2 aromatic carbocycles. The molecule has 0 aliphatic heterocycles. The number of nitrogens with one attached hydrogen (secondary N) is 2. The van der Waals surface area contributed by atoms with Gasteiger partial charge in [-0.2, -0.15) is 8.78 Å². The fourth-order valence-corrected chi connectivity index (χ4v) is 3.32. The summed E-state index contributed by atoms with van der Waals surface area (Å²) in [6.45, 7) is 0. The van der Waals surface area contributed by atoms with E-state index >= 15 is 0 Å². The third kappa shape index (κ3) is 5.95. The summed E-state index contributed by atoms with van der Waals surface area (Å²) < 4.78 is 24.6. The molecule has 1 aromatic heterocycles. The molecule has 10 heteroatoms. The molecule has 0 atom stereocenters. The maximum atomic E-state index is 12.3. The number of benzene rings is 2. The molecule has 0 aliphatic rings. The van der Waals surface area contributed by atoms with Crippen molar-refractivity contribution in [3.8, 4) is 11.4 Å². The number of alkyl halides is 2. The molecule has 2 N–H and O–H groups in total. The van der Waals surface area contributed by atoms with Crippen LogP contribution in [0.15, 0.2) is 58.6 Å². The monoisotopic (exact) mass is 426 g/mol. The molecule has 0 spiro atoms. The normalized spacial score (nSPS) is 11.0. The number of H-pyrrole nitrogens is 1. The van der Waals surface area contributed by atoms with Crippen molar-refractivity contribution in [2.24, 2.45) is 0 Å². The second-order valence-corrected chi connectivity index (χ2v) is 7.66. The summed E-state index contributed by atoms with van der Waals surface area (Å²) in [6.07, 6.45) is 0. The topological polar surface area (TPSA) is 70.7 Å². The maximum Gasteiger partial charge on any atom is 0.288 e. The Bertz CT molecular complexity index is 904. The summed E-state index contributed by atoms with van der Waals surface area (Å²) in [7, 11) is 0. The standard InChI is InChI=1S/C17H13ClF2N4OS2/c18-11-3-1-10(2-4-11)15-22-17(24-23-15)26-9-14(25)21-12-5-7-13(8-6-12)27-16(19)20/h1-8,16H,9H2,(H,21,25)(H,22,23,24). The first-order chi connectivity index (χ1) is 13.0. The number of rotatable bonds is 7. The van der Waals surface area contributed by atoms with E-state index in [-0.39, 0.29) is 11.7 Å². The number of hydrogen-bond donors (Lipinski definition) is 2.